The first-order valence-electron chi connectivity index (χ1n) is 7.37. The Labute approximate surface area is 115 Å². The van der Waals surface area contributed by atoms with Gasteiger partial charge in [-0.2, -0.15) is 0 Å². The lowest BCUT2D eigenvalue weighted by atomic mass is 9.76. The van der Waals surface area contributed by atoms with Crippen molar-refractivity contribution in [1.82, 2.24) is 0 Å². The van der Waals surface area contributed by atoms with Crippen LogP contribution in [0.1, 0.15) is 50.7 Å². The molecule has 0 atom stereocenters. The lowest BCUT2D eigenvalue weighted by molar-refractivity contribution is -0.140. The van der Waals surface area contributed by atoms with E-state index in [1.54, 1.807) is 0 Å². The van der Waals surface area contributed by atoms with Crippen molar-refractivity contribution in [2.24, 2.45) is 5.92 Å². The van der Waals surface area contributed by atoms with Crippen molar-refractivity contribution in [3.05, 3.63) is 35.4 Å². The second-order valence-electron chi connectivity index (χ2n) is 5.98. The summed E-state index contributed by atoms with van der Waals surface area (Å²) in [5.41, 5.74) is 1.21. The van der Waals surface area contributed by atoms with Gasteiger partial charge in [0.05, 0.1) is 0 Å². The Morgan fingerprint density at radius 1 is 1.21 bits per heavy atom. The van der Waals surface area contributed by atoms with E-state index >= 15 is 0 Å². The first-order valence-corrected chi connectivity index (χ1v) is 7.37. The summed E-state index contributed by atoms with van der Waals surface area (Å²) in [5.74, 6) is 0.626. The van der Waals surface area contributed by atoms with Crippen LogP contribution in [-0.2, 0) is 17.6 Å². The molecule has 0 aromatic heterocycles. The lowest BCUT2D eigenvalue weighted by Crippen LogP contribution is -2.42. The molecule has 0 spiro atoms. The number of carbonyl (C=O) groups excluding carboxylic acids is 1. The standard InChI is InChI=1S/C17H24O2/c1-3-14-4-6-15(7-5-14)12-16(18)17(19)10-8-13(2)9-11-17/h4-7,13,19H,3,8-12H2,1-2H3. The zero-order valence-corrected chi connectivity index (χ0v) is 12.0. The number of carbonyl (C=O) groups is 1. The Bertz CT molecular complexity index is 425. The van der Waals surface area contributed by atoms with Crippen molar-refractivity contribution in [2.75, 3.05) is 0 Å². The predicted molar refractivity (Wildman–Crippen MR) is 77.1 cm³/mol. The molecule has 0 heterocycles. The van der Waals surface area contributed by atoms with E-state index in [1.165, 1.54) is 5.56 Å². The highest BCUT2D eigenvalue weighted by molar-refractivity contribution is 5.89. The zero-order chi connectivity index (χ0) is 13.9. The smallest absolute Gasteiger partial charge is 0.168 e. The Kier molecular flexibility index (Phi) is 4.41. The fourth-order valence-corrected chi connectivity index (χ4v) is 2.76. The van der Waals surface area contributed by atoms with Gasteiger partial charge in [-0.05, 0) is 49.1 Å². The molecule has 19 heavy (non-hydrogen) atoms. The van der Waals surface area contributed by atoms with E-state index in [2.05, 4.69) is 26.0 Å². The quantitative estimate of drug-likeness (QED) is 0.902. The Balaban J connectivity index is 1.99. The third kappa shape index (κ3) is 3.44. The van der Waals surface area contributed by atoms with Gasteiger partial charge in [-0.15, -0.1) is 0 Å². The van der Waals surface area contributed by atoms with Crippen molar-refractivity contribution in [3.63, 3.8) is 0 Å². The van der Waals surface area contributed by atoms with Crippen LogP contribution in [0.5, 0.6) is 0 Å². The lowest BCUT2D eigenvalue weighted by Gasteiger charge is -2.33. The molecule has 0 amide bonds. The number of aryl methyl sites for hydroxylation is 1. The summed E-state index contributed by atoms with van der Waals surface area (Å²) < 4.78 is 0. The van der Waals surface area contributed by atoms with Crippen molar-refractivity contribution in [2.45, 2.75) is 58.0 Å². The number of hydrogen-bond donors (Lipinski definition) is 1. The van der Waals surface area contributed by atoms with Gasteiger partial charge in [-0.25, -0.2) is 0 Å². The second-order valence-corrected chi connectivity index (χ2v) is 5.98. The summed E-state index contributed by atoms with van der Waals surface area (Å²) in [6.45, 7) is 4.31. The number of ketones is 1. The average molecular weight is 260 g/mol. The van der Waals surface area contributed by atoms with E-state index in [4.69, 9.17) is 0 Å². The molecule has 1 saturated carbocycles. The van der Waals surface area contributed by atoms with E-state index < -0.39 is 5.60 Å². The fourth-order valence-electron chi connectivity index (χ4n) is 2.76. The molecular weight excluding hydrogens is 236 g/mol. The van der Waals surface area contributed by atoms with Gasteiger partial charge < -0.3 is 5.11 Å². The number of aliphatic hydroxyl groups is 1. The maximum Gasteiger partial charge on any atom is 0.168 e. The minimum atomic E-state index is -1.07. The van der Waals surface area contributed by atoms with Crippen LogP contribution in [0.3, 0.4) is 0 Å². The molecule has 1 N–H and O–H groups in total. The van der Waals surface area contributed by atoms with Gasteiger partial charge in [0.25, 0.3) is 0 Å². The molecule has 0 radical (unpaired) electrons. The monoisotopic (exact) mass is 260 g/mol. The van der Waals surface area contributed by atoms with Gasteiger partial charge >= 0.3 is 0 Å². The first-order chi connectivity index (χ1) is 9.03. The minimum absolute atomic E-state index is 0.0105. The third-order valence-corrected chi connectivity index (χ3v) is 4.42. The Hall–Kier alpha value is -1.15. The van der Waals surface area contributed by atoms with Gasteiger partial charge in [0.2, 0.25) is 0 Å². The Morgan fingerprint density at radius 3 is 2.26 bits per heavy atom. The zero-order valence-electron chi connectivity index (χ0n) is 12.0. The van der Waals surface area contributed by atoms with Crippen LogP contribution in [0.4, 0.5) is 0 Å². The van der Waals surface area contributed by atoms with E-state index in [1.807, 2.05) is 12.1 Å². The molecule has 0 bridgehead atoms. The van der Waals surface area contributed by atoms with E-state index in [-0.39, 0.29) is 5.78 Å². The molecule has 0 saturated heterocycles. The van der Waals surface area contributed by atoms with E-state index in [0.29, 0.717) is 25.2 Å². The molecule has 1 aliphatic carbocycles. The normalized spacial score (nSPS) is 27.2. The SMILES string of the molecule is CCc1ccc(CC(=O)C2(O)CCC(C)CC2)cc1. The number of rotatable bonds is 4. The molecule has 104 valence electrons. The van der Waals surface area contributed by atoms with Crippen LogP contribution in [0, 0.1) is 5.92 Å². The molecule has 0 unspecified atom stereocenters. The first kappa shape index (κ1) is 14.3. The van der Waals surface area contributed by atoms with Crippen LogP contribution in [0.15, 0.2) is 24.3 Å². The number of hydrogen-bond acceptors (Lipinski definition) is 2. The summed E-state index contributed by atoms with van der Waals surface area (Å²) in [6.07, 6.45) is 4.53. The minimum Gasteiger partial charge on any atom is -0.382 e. The van der Waals surface area contributed by atoms with Crippen molar-refractivity contribution in [1.29, 1.82) is 0 Å². The molecule has 1 aromatic carbocycles. The van der Waals surface area contributed by atoms with Gasteiger partial charge in [0, 0.05) is 6.42 Å². The fraction of sp³-hybridized carbons (Fsp3) is 0.588. The second kappa shape index (κ2) is 5.87. The molecule has 2 rings (SSSR count). The highest BCUT2D eigenvalue weighted by Gasteiger charge is 2.38. The van der Waals surface area contributed by atoms with Crippen molar-refractivity contribution >= 4 is 5.78 Å². The maximum absolute atomic E-state index is 12.3. The van der Waals surface area contributed by atoms with E-state index in [0.717, 1.165) is 24.8 Å². The van der Waals surface area contributed by atoms with Crippen LogP contribution in [-0.4, -0.2) is 16.5 Å². The summed E-state index contributed by atoms with van der Waals surface area (Å²) >= 11 is 0. The number of Topliss-reactive ketones (excluding diaryl/α,β-unsaturated/α-hetero) is 1. The predicted octanol–water partition coefficient (Wildman–Crippen LogP) is 3.30. The summed E-state index contributed by atoms with van der Waals surface area (Å²) in [7, 11) is 0. The van der Waals surface area contributed by atoms with Crippen LogP contribution in [0.25, 0.3) is 0 Å². The van der Waals surface area contributed by atoms with E-state index in [9.17, 15) is 9.90 Å². The van der Waals surface area contributed by atoms with Crippen molar-refractivity contribution in [3.8, 4) is 0 Å². The maximum atomic E-state index is 12.3. The molecule has 0 aliphatic heterocycles. The van der Waals surface area contributed by atoms with Gasteiger partial charge in [-0.1, -0.05) is 38.1 Å². The molecule has 1 aliphatic rings. The molecule has 2 nitrogen and oxygen atoms in total. The topological polar surface area (TPSA) is 37.3 Å². The van der Waals surface area contributed by atoms with Crippen LogP contribution < -0.4 is 0 Å². The summed E-state index contributed by atoms with van der Waals surface area (Å²) in [4.78, 5) is 12.3. The van der Waals surface area contributed by atoms with Gasteiger partial charge in [-0.3, -0.25) is 4.79 Å². The molecule has 1 aromatic rings. The van der Waals surface area contributed by atoms with Gasteiger partial charge in [0.1, 0.15) is 5.60 Å². The van der Waals surface area contributed by atoms with Crippen molar-refractivity contribution < 1.29 is 9.90 Å². The summed E-state index contributed by atoms with van der Waals surface area (Å²) in [6, 6.07) is 8.14. The summed E-state index contributed by atoms with van der Waals surface area (Å²) in [5, 5.41) is 10.5. The van der Waals surface area contributed by atoms with Crippen LogP contribution >= 0.6 is 0 Å². The third-order valence-electron chi connectivity index (χ3n) is 4.42. The molecule has 1 fully saturated rings. The highest BCUT2D eigenvalue weighted by Crippen LogP contribution is 2.33. The molecular formula is C17H24O2. The Morgan fingerprint density at radius 2 is 1.74 bits per heavy atom. The highest BCUT2D eigenvalue weighted by atomic mass is 16.3. The van der Waals surface area contributed by atoms with Gasteiger partial charge in [0.15, 0.2) is 5.78 Å². The largest absolute Gasteiger partial charge is 0.382 e. The van der Waals surface area contributed by atoms with Crippen LogP contribution in [0.2, 0.25) is 0 Å². The number of benzene rings is 1. The average Bonchev–Trinajstić information content (AvgIpc) is 2.43. The molecule has 2 heteroatoms.